The van der Waals surface area contributed by atoms with E-state index in [0.29, 0.717) is 10.7 Å². The van der Waals surface area contributed by atoms with Crippen LogP contribution in [0, 0.1) is 13.8 Å². The van der Waals surface area contributed by atoms with E-state index >= 15 is 0 Å². The molecule has 0 spiro atoms. The van der Waals surface area contributed by atoms with Crippen molar-refractivity contribution in [1.29, 1.82) is 0 Å². The zero-order valence-corrected chi connectivity index (χ0v) is 13.6. The van der Waals surface area contributed by atoms with Gasteiger partial charge in [-0.15, -0.1) is 0 Å². The second-order valence-corrected chi connectivity index (χ2v) is 6.65. The van der Waals surface area contributed by atoms with Gasteiger partial charge in [0.1, 0.15) is 0 Å². The average Bonchev–Trinajstić information content (AvgIpc) is 3.10. The van der Waals surface area contributed by atoms with Crippen LogP contribution >= 0.6 is 11.3 Å². The fourth-order valence-corrected chi connectivity index (χ4v) is 3.76. The highest BCUT2D eigenvalue weighted by atomic mass is 32.1. The maximum absolute atomic E-state index is 12.6. The Labute approximate surface area is 137 Å². The SMILES string of the molecule is Cc1cc(C)c2sc(NC(=O)c3c[nH]c4ccccc34)nc2c1. The molecule has 4 nitrogen and oxygen atoms in total. The summed E-state index contributed by atoms with van der Waals surface area (Å²) < 4.78 is 1.12. The molecule has 0 saturated carbocycles. The molecule has 0 aliphatic carbocycles. The summed E-state index contributed by atoms with van der Waals surface area (Å²) in [6.07, 6.45) is 1.74. The molecule has 4 rings (SSSR count). The van der Waals surface area contributed by atoms with Crippen molar-refractivity contribution in [2.24, 2.45) is 0 Å². The van der Waals surface area contributed by atoms with Crippen LogP contribution in [-0.2, 0) is 0 Å². The van der Waals surface area contributed by atoms with E-state index in [1.807, 2.05) is 30.3 Å². The van der Waals surface area contributed by atoms with Crippen molar-refractivity contribution in [1.82, 2.24) is 9.97 Å². The minimum atomic E-state index is -0.143. The van der Waals surface area contributed by atoms with Crippen molar-refractivity contribution in [2.45, 2.75) is 13.8 Å². The summed E-state index contributed by atoms with van der Waals surface area (Å²) in [6, 6.07) is 11.9. The number of rotatable bonds is 2. The zero-order chi connectivity index (χ0) is 16.0. The van der Waals surface area contributed by atoms with Gasteiger partial charge in [-0.25, -0.2) is 4.98 Å². The van der Waals surface area contributed by atoms with Crippen LogP contribution < -0.4 is 5.32 Å². The van der Waals surface area contributed by atoms with Crippen LogP contribution in [0.2, 0.25) is 0 Å². The molecular weight excluding hydrogens is 306 g/mol. The topological polar surface area (TPSA) is 57.8 Å². The maximum atomic E-state index is 12.6. The molecule has 2 aromatic heterocycles. The number of aromatic nitrogens is 2. The second-order valence-electron chi connectivity index (χ2n) is 5.65. The lowest BCUT2D eigenvalue weighted by Gasteiger charge is -1.99. The van der Waals surface area contributed by atoms with Gasteiger partial charge in [0.2, 0.25) is 0 Å². The Kier molecular flexibility index (Phi) is 3.16. The standard InChI is InChI=1S/C18H15N3OS/c1-10-7-11(2)16-15(8-10)20-18(23-16)21-17(22)13-9-19-14-6-4-3-5-12(13)14/h3-9,19H,1-2H3,(H,20,21,22). The molecule has 2 aromatic carbocycles. The first-order valence-corrected chi connectivity index (χ1v) is 8.19. The first kappa shape index (κ1) is 14.0. The number of benzene rings is 2. The smallest absolute Gasteiger partial charge is 0.259 e. The summed E-state index contributed by atoms with van der Waals surface area (Å²) in [5.74, 6) is -0.143. The van der Waals surface area contributed by atoms with Crippen LogP contribution in [-0.4, -0.2) is 15.9 Å². The molecule has 1 amide bonds. The van der Waals surface area contributed by atoms with E-state index in [9.17, 15) is 4.79 Å². The lowest BCUT2D eigenvalue weighted by atomic mass is 10.1. The van der Waals surface area contributed by atoms with Crippen LogP contribution in [0.4, 0.5) is 5.13 Å². The third-order valence-corrected chi connectivity index (χ3v) is 5.00. The van der Waals surface area contributed by atoms with Crippen LogP contribution in [0.3, 0.4) is 0 Å². The average molecular weight is 321 g/mol. The molecule has 114 valence electrons. The minimum absolute atomic E-state index is 0.143. The number of carbonyl (C=O) groups is 1. The molecule has 0 atom stereocenters. The second kappa shape index (κ2) is 5.21. The number of hydrogen-bond acceptors (Lipinski definition) is 3. The van der Waals surface area contributed by atoms with Crippen LogP contribution in [0.15, 0.2) is 42.6 Å². The number of anilines is 1. The van der Waals surface area contributed by atoms with Crippen molar-refractivity contribution in [3.8, 4) is 0 Å². The van der Waals surface area contributed by atoms with E-state index in [4.69, 9.17) is 0 Å². The third kappa shape index (κ3) is 2.39. The number of aromatic amines is 1. The Bertz CT molecular complexity index is 1040. The van der Waals surface area contributed by atoms with Crippen LogP contribution in [0.25, 0.3) is 21.1 Å². The number of hydrogen-bond donors (Lipinski definition) is 2. The number of nitrogens with zero attached hydrogens (tertiary/aromatic N) is 1. The van der Waals surface area contributed by atoms with E-state index < -0.39 is 0 Å². The van der Waals surface area contributed by atoms with Gasteiger partial charge in [-0.2, -0.15) is 0 Å². The van der Waals surface area contributed by atoms with Gasteiger partial charge in [-0.3, -0.25) is 10.1 Å². The van der Waals surface area contributed by atoms with E-state index in [2.05, 4.69) is 35.2 Å². The van der Waals surface area contributed by atoms with Gasteiger partial charge in [-0.05, 0) is 37.1 Å². The van der Waals surface area contributed by atoms with Crippen molar-refractivity contribution >= 4 is 43.5 Å². The Hall–Kier alpha value is -2.66. The number of amides is 1. The number of fused-ring (bicyclic) bond motifs is 2. The Morgan fingerprint density at radius 3 is 2.91 bits per heavy atom. The fraction of sp³-hybridized carbons (Fsp3) is 0.111. The minimum Gasteiger partial charge on any atom is -0.360 e. The van der Waals surface area contributed by atoms with Gasteiger partial charge in [0.05, 0.1) is 15.8 Å². The number of H-pyrrole nitrogens is 1. The van der Waals surface area contributed by atoms with Gasteiger partial charge in [-0.1, -0.05) is 35.6 Å². The van der Waals surface area contributed by atoms with E-state index in [1.54, 1.807) is 6.20 Å². The van der Waals surface area contributed by atoms with Crippen molar-refractivity contribution in [2.75, 3.05) is 5.32 Å². The highest BCUT2D eigenvalue weighted by Crippen LogP contribution is 2.30. The first-order valence-electron chi connectivity index (χ1n) is 7.37. The number of para-hydroxylation sites is 1. The fourth-order valence-electron chi connectivity index (χ4n) is 2.85. The maximum Gasteiger partial charge on any atom is 0.259 e. The van der Waals surface area contributed by atoms with Crippen LogP contribution in [0.5, 0.6) is 0 Å². The zero-order valence-electron chi connectivity index (χ0n) is 12.8. The van der Waals surface area contributed by atoms with Crippen LogP contribution in [0.1, 0.15) is 21.5 Å². The highest BCUT2D eigenvalue weighted by Gasteiger charge is 2.14. The van der Waals surface area contributed by atoms with Crippen molar-refractivity contribution in [3.63, 3.8) is 0 Å². The van der Waals surface area contributed by atoms with Crippen molar-refractivity contribution < 1.29 is 4.79 Å². The number of nitrogens with one attached hydrogen (secondary N) is 2. The van der Waals surface area contributed by atoms with Gasteiger partial charge >= 0.3 is 0 Å². The van der Waals surface area contributed by atoms with E-state index in [0.717, 1.165) is 21.1 Å². The van der Waals surface area contributed by atoms with Gasteiger partial charge in [0.25, 0.3) is 5.91 Å². The molecule has 0 radical (unpaired) electrons. The molecule has 5 heteroatoms. The molecule has 2 heterocycles. The van der Waals surface area contributed by atoms with Gasteiger partial charge in [0.15, 0.2) is 5.13 Å². The third-order valence-electron chi connectivity index (χ3n) is 3.87. The van der Waals surface area contributed by atoms with Crippen molar-refractivity contribution in [3.05, 3.63) is 59.3 Å². The van der Waals surface area contributed by atoms with Gasteiger partial charge < -0.3 is 4.98 Å². The monoisotopic (exact) mass is 321 g/mol. The first-order chi connectivity index (χ1) is 11.1. The summed E-state index contributed by atoms with van der Waals surface area (Å²) in [7, 11) is 0. The number of thiazole rings is 1. The Morgan fingerprint density at radius 2 is 2.04 bits per heavy atom. The summed E-state index contributed by atoms with van der Waals surface area (Å²) in [5.41, 5.74) is 4.88. The van der Waals surface area contributed by atoms with E-state index in [1.165, 1.54) is 22.5 Å². The molecular formula is C18H15N3OS. The molecule has 0 aliphatic heterocycles. The summed E-state index contributed by atoms with van der Waals surface area (Å²) in [5, 5.41) is 4.46. The van der Waals surface area contributed by atoms with E-state index in [-0.39, 0.29) is 5.91 Å². The molecule has 2 N–H and O–H groups in total. The Balaban J connectivity index is 1.70. The molecule has 0 aliphatic rings. The lowest BCUT2D eigenvalue weighted by molar-refractivity contribution is 0.102. The highest BCUT2D eigenvalue weighted by molar-refractivity contribution is 7.22. The summed E-state index contributed by atoms with van der Waals surface area (Å²) in [4.78, 5) is 20.2. The number of aryl methyl sites for hydroxylation is 2. The number of carbonyl (C=O) groups excluding carboxylic acids is 1. The molecule has 0 saturated heterocycles. The Morgan fingerprint density at radius 1 is 1.22 bits per heavy atom. The molecule has 0 bridgehead atoms. The summed E-state index contributed by atoms with van der Waals surface area (Å²) >= 11 is 1.51. The quantitative estimate of drug-likeness (QED) is 0.565. The molecule has 0 fully saturated rings. The molecule has 23 heavy (non-hydrogen) atoms. The normalized spacial score (nSPS) is 11.2. The summed E-state index contributed by atoms with van der Waals surface area (Å²) in [6.45, 7) is 4.12. The lowest BCUT2D eigenvalue weighted by Crippen LogP contribution is -2.10. The molecule has 4 aromatic rings. The molecule has 0 unspecified atom stereocenters. The predicted octanol–water partition coefficient (Wildman–Crippen LogP) is 4.65. The predicted molar refractivity (Wildman–Crippen MR) is 95.3 cm³/mol. The van der Waals surface area contributed by atoms with Gasteiger partial charge in [0, 0.05) is 17.1 Å². The largest absolute Gasteiger partial charge is 0.360 e.